The minimum Gasteiger partial charge on any atom is -0.457 e. The van der Waals surface area contributed by atoms with Gasteiger partial charge in [-0.3, -0.25) is 0 Å². The maximum absolute atomic E-state index is 12.2. The molecular weight excluding hydrogens is 300 g/mol. The van der Waals surface area contributed by atoms with Gasteiger partial charge in [-0.05, 0) is 42.7 Å². The number of sulfone groups is 1. The van der Waals surface area contributed by atoms with E-state index in [1.807, 2.05) is 31.2 Å². The molecule has 116 valence electrons. The highest BCUT2D eigenvalue weighted by molar-refractivity contribution is 7.90. The molecule has 0 atom stereocenters. The van der Waals surface area contributed by atoms with Crippen molar-refractivity contribution in [1.82, 2.24) is 0 Å². The SMILES string of the molecule is Cc1ccccc1COC(=O)c1cc(S(C)(=O)=O)ccc1C. The lowest BCUT2D eigenvalue weighted by atomic mass is 10.1. The summed E-state index contributed by atoms with van der Waals surface area (Å²) in [4.78, 5) is 12.3. The Balaban J connectivity index is 2.21. The fourth-order valence-electron chi connectivity index (χ4n) is 2.04. The van der Waals surface area contributed by atoms with Crippen LogP contribution in [0.15, 0.2) is 47.4 Å². The first-order valence-electron chi connectivity index (χ1n) is 6.81. The van der Waals surface area contributed by atoms with Gasteiger partial charge < -0.3 is 4.74 Å². The number of rotatable bonds is 4. The second kappa shape index (κ2) is 6.32. The highest BCUT2D eigenvalue weighted by atomic mass is 32.2. The van der Waals surface area contributed by atoms with Crippen molar-refractivity contribution in [2.45, 2.75) is 25.3 Å². The monoisotopic (exact) mass is 318 g/mol. The molecule has 0 aliphatic carbocycles. The highest BCUT2D eigenvalue weighted by Crippen LogP contribution is 2.17. The topological polar surface area (TPSA) is 60.4 Å². The highest BCUT2D eigenvalue weighted by Gasteiger charge is 2.15. The van der Waals surface area contributed by atoms with E-state index in [9.17, 15) is 13.2 Å². The van der Waals surface area contributed by atoms with Crippen molar-refractivity contribution >= 4 is 15.8 Å². The van der Waals surface area contributed by atoms with E-state index < -0.39 is 15.8 Å². The number of aryl methyl sites for hydroxylation is 2. The molecule has 2 aromatic carbocycles. The average molecular weight is 318 g/mol. The number of carbonyl (C=O) groups excluding carboxylic acids is 1. The maximum Gasteiger partial charge on any atom is 0.338 e. The van der Waals surface area contributed by atoms with Crippen LogP contribution in [0.5, 0.6) is 0 Å². The lowest BCUT2D eigenvalue weighted by Gasteiger charge is -2.10. The Hall–Kier alpha value is -2.14. The van der Waals surface area contributed by atoms with Gasteiger partial charge in [0.05, 0.1) is 10.5 Å². The summed E-state index contributed by atoms with van der Waals surface area (Å²) in [5.41, 5.74) is 2.92. The van der Waals surface area contributed by atoms with Gasteiger partial charge in [-0.1, -0.05) is 30.3 Å². The smallest absolute Gasteiger partial charge is 0.338 e. The minimum atomic E-state index is -3.36. The normalized spacial score (nSPS) is 11.2. The van der Waals surface area contributed by atoms with Crippen molar-refractivity contribution < 1.29 is 17.9 Å². The second-order valence-corrected chi connectivity index (χ2v) is 7.27. The molecule has 0 aliphatic heterocycles. The predicted molar refractivity (Wildman–Crippen MR) is 84.6 cm³/mol. The molecule has 0 unspecified atom stereocenters. The van der Waals surface area contributed by atoms with Crippen LogP contribution in [0.25, 0.3) is 0 Å². The van der Waals surface area contributed by atoms with Gasteiger partial charge in [-0.2, -0.15) is 0 Å². The van der Waals surface area contributed by atoms with E-state index in [1.54, 1.807) is 13.0 Å². The zero-order valence-electron chi connectivity index (χ0n) is 12.8. The molecule has 0 spiro atoms. The Labute approximate surface area is 130 Å². The van der Waals surface area contributed by atoms with Crippen LogP contribution >= 0.6 is 0 Å². The maximum atomic E-state index is 12.2. The number of carbonyl (C=O) groups is 1. The van der Waals surface area contributed by atoms with Crippen molar-refractivity contribution in [1.29, 1.82) is 0 Å². The summed E-state index contributed by atoms with van der Waals surface area (Å²) >= 11 is 0. The van der Waals surface area contributed by atoms with E-state index >= 15 is 0 Å². The molecule has 0 saturated carbocycles. The van der Waals surface area contributed by atoms with Crippen LogP contribution < -0.4 is 0 Å². The lowest BCUT2D eigenvalue weighted by Crippen LogP contribution is -2.09. The Morgan fingerprint density at radius 3 is 2.36 bits per heavy atom. The van der Waals surface area contributed by atoms with E-state index in [-0.39, 0.29) is 17.1 Å². The number of esters is 1. The van der Waals surface area contributed by atoms with Crippen molar-refractivity contribution in [2.24, 2.45) is 0 Å². The van der Waals surface area contributed by atoms with Gasteiger partial charge in [0.2, 0.25) is 0 Å². The van der Waals surface area contributed by atoms with Gasteiger partial charge in [-0.15, -0.1) is 0 Å². The van der Waals surface area contributed by atoms with Gasteiger partial charge in [0.1, 0.15) is 6.61 Å². The average Bonchev–Trinajstić information content (AvgIpc) is 2.45. The third-order valence-corrected chi connectivity index (χ3v) is 4.59. The second-order valence-electron chi connectivity index (χ2n) is 5.25. The van der Waals surface area contributed by atoms with Crippen LogP contribution in [0.2, 0.25) is 0 Å². The summed E-state index contributed by atoms with van der Waals surface area (Å²) in [7, 11) is -3.36. The van der Waals surface area contributed by atoms with Crippen LogP contribution in [-0.4, -0.2) is 20.6 Å². The van der Waals surface area contributed by atoms with E-state index in [4.69, 9.17) is 4.74 Å². The molecule has 22 heavy (non-hydrogen) atoms. The van der Waals surface area contributed by atoms with Gasteiger partial charge in [0.25, 0.3) is 0 Å². The molecule has 0 aliphatic rings. The molecular formula is C17H18O4S. The number of benzene rings is 2. The summed E-state index contributed by atoms with van der Waals surface area (Å²) in [5.74, 6) is -0.522. The minimum absolute atomic E-state index is 0.112. The molecule has 2 rings (SSSR count). The Morgan fingerprint density at radius 2 is 1.73 bits per heavy atom. The quantitative estimate of drug-likeness (QED) is 0.813. The summed E-state index contributed by atoms with van der Waals surface area (Å²) in [6, 6.07) is 12.1. The van der Waals surface area contributed by atoms with Crippen LogP contribution in [0.3, 0.4) is 0 Å². The van der Waals surface area contributed by atoms with Crippen LogP contribution in [0, 0.1) is 13.8 Å². The largest absolute Gasteiger partial charge is 0.457 e. The first-order valence-corrected chi connectivity index (χ1v) is 8.70. The molecule has 0 amide bonds. The summed E-state index contributed by atoms with van der Waals surface area (Å²) in [6.45, 7) is 3.85. The van der Waals surface area contributed by atoms with E-state index in [0.717, 1.165) is 17.4 Å². The fraction of sp³-hybridized carbons (Fsp3) is 0.235. The Morgan fingerprint density at radius 1 is 1.05 bits per heavy atom. The summed E-state index contributed by atoms with van der Waals surface area (Å²) in [5, 5.41) is 0. The van der Waals surface area contributed by atoms with Crippen LogP contribution in [0.4, 0.5) is 0 Å². The van der Waals surface area contributed by atoms with Gasteiger partial charge in [-0.25, -0.2) is 13.2 Å². The standard InChI is InChI=1S/C17H18O4S/c1-12-6-4-5-7-14(12)11-21-17(18)16-10-15(22(3,19)20)9-8-13(16)2/h4-10H,11H2,1-3H3. The van der Waals surface area contributed by atoms with Gasteiger partial charge in [0.15, 0.2) is 9.84 Å². The van der Waals surface area contributed by atoms with E-state index in [2.05, 4.69) is 0 Å². The Kier molecular flexibility index (Phi) is 4.66. The fourth-order valence-corrected chi connectivity index (χ4v) is 2.69. The molecule has 5 heteroatoms. The third kappa shape index (κ3) is 3.74. The van der Waals surface area contributed by atoms with Crippen molar-refractivity contribution in [3.05, 3.63) is 64.7 Å². The Bertz CT molecular complexity index is 807. The molecule has 0 fully saturated rings. The molecule has 0 radical (unpaired) electrons. The van der Waals surface area contributed by atoms with Crippen LogP contribution in [0.1, 0.15) is 27.0 Å². The molecule has 0 heterocycles. The molecule has 0 N–H and O–H groups in total. The van der Waals surface area contributed by atoms with Crippen molar-refractivity contribution in [3.63, 3.8) is 0 Å². The number of ether oxygens (including phenoxy) is 1. The van der Waals surface area contributed by atoms with Crippen LogP contribution in [-0.2, 0) is 21.2 Å². The summed E-state index contributed by atoms with van der Waals surface area (Å²) < 4.78 is 28.5. The summed E-state index contributed by atoms with van der Waals surface area (Å²) in [6.07, 6.45) is 1.11. The van der Waals surface area contributed by atoms with Gasteiger partial charge in [0, 0.05) is 6.26 Å². The van der Waals surface area contributed by atoms with Crippen molar-refractivity contribution in [2.75, 3.05) is 6.26 Å². The number of hydrogen-bond acceptors (Lipinski definition) is 4. The molecule has 0 bridgehead atoms. The van der Waals surface area contributed by atoms with Gasteiger partial charge >= 0.3 is 5.97 Å². The molecule has 0 saturated heterocycles. The molecule has 2 aromatic rings. The van der Waals surface area contributed by atoms with E-state index in [1.165, 1.54) is 12.1 Å². The first kappa shape index (κ1) is 16.2. The first-order chi connectivity index (χ1) is 10.3. The zero-order chi connectivity index (χ0) is 16.3. The number of hydrogen-bond donors (Lipinski definition) is 0. The third-order valence-electron chi connectivity index (χ3n) is 3.48. The molecule has 0 aromatic heterocycles. The zero-order valence-corrected chi connectivity index (χ0v) is 13.6. The molecule has 4 nitrogen and oxygen atoms in total. The predicted octanol–water partition coefficient (Wildman–Crippen LogP) is 3.06. The van der Waals surface area contributed by atoms with E-state index in [0.29, 0.717) is 5.56 Å². The van der Waals surface area contributed by atoms with Crippen molar-refractivity contribution in [3.8, 4) is 0 Å². The lowest BCUT2D eigenvalue weighted by molar-refractivity contribution is 0.0471.